The summed E-state index contributed by atoms with van der Waals surface area (Å²) in [4.78, 5) is 0. The van der Waals surface area contributed by atoms with Crippen molar-refractivity contribution >= 4 is 10.8 Å². The molecule has 0 aliphatic heterocycles. The first-order valence-electron chi connectivity index (χ1n) is 7.56. The monoisotopic (exact) mass is 271 g/mol. The summed E-state index contributed by atoms with van der Waals surface area (Å²) in [5, 5.41) is 5.98. The van der Waals surface area contributed by atoms with Crippen LogP contribution in [0.1, 0.15) is 32.8 Å². The minimum Gasteiger partial charge on any atom is -0.493 e. The fourth-order valence-corrected chi connectivity index (χ4v) is 2.29. The van der Waals surface area contributed by atoms with Gasteiger partial charge in [0.05, 0.1) is 6.61 Å². The van der Waals surface area contributed by atoms with Crippen LogP contribution in [0.3, 0.4) is 0 Å². The molecule has 2 aromatic rings. The maximum absolute atomic E-state index is 6.01. The van der Waals surface area contributed by atoms with Gasteiger partial charge in [-0.15, -0.1) is 0 Å². The predicted molar refractivity (Wildman–Crippen MR) is 86.3 cm³/mol. The van der Waals surface area contributed by atoms with E-state index in [0.717, 1.165) is 31.9 Å². The highest BCUT2D eigenvalue weighted by molar-refractivity contribution is 5.87. The first-order valence-corrected chi connectivity index (χ1v) is 7.56. The van der Waals surface area contributed by atoms with Gasteiger partial charge in [0, 0.05) is 12.1 Å². The lowest BCUT2D eigenvalue weighted by atomic mass is 10.0. The van der Waals surface area contributed by atoms with Gasteiger partial charge in [0.25, 0.3) is 0 Å². The quantitative estimate of drug-likeness (QED) is 0.807. The second kappa shape index (κ2) is 7.30. The molecular weight excluding hydrogens is 246 g/mol. The van der Waals surface area contributed by atoms with Crippen molar-refractivity contribution in [2.75, 3.05) is 13.2 Å². The van der Waals surface area contributed by atoms with Crippen molar-refractivity contribution in [1.82, 2.24) is 5.32 Å². The van der Waals surface area contributed by atoms with E-state index in [0.29, 0.717) is 5.92 Å². The zero-order valence-electron chi connectivity index (χ0n) is 12.8. The van der Waals surface area contributed by atoms with E-state index in [1.54, 1.807) is 0 Å². The number of rotatable bonds is 7. The highest BCUT2D eigenvalue weighted by Crippen LogP contribution is 2.28. The number of fused-ring (bicyclic) bond motifs is 1. The molecule has 0 spiro atoms. The van der Waals surface area contributed by atoms with Gasteiger partial charge in [0.2, 0.25) is 0 Å². The molecule has 2 heteroatoms. The average molecular weight is 271 g/mol. The molecule has 1 N–H and O–H groups in total. The highest BCUT2D eigenvalue weighted by Gasteiger charge is 2.08. The summed E-state index contributed by atoms with van der Waals surface area (Å²) in [6.07, 6.45) is 1.09. The van der Waals surface area contributed by atoms with Crippen LogP contribution in [-0.2, 0) is 6.54 Å². The van der Waals surface area contributed by atoms with Crippen LogP contribution in [0, 0.1) is 5.92 Å². The minimum atomic E-state index is 0.674. The molecule has 2 nitrogen and oxygen atoms in total. The van der Waals surface area contributed by atoms with Gasteiger partial charge in [-0.3, -0.25) is 0 Å². The molecule has 0 atom stereocenters. The Hall–Kier alpha value is -1.54. The first kappa shape index (κ1) is 14.9. The summed E-state index contributed by atoms with van der Waals surface area (Å²) in [5.41, 5.74) is 1.27. The number of benzene rings is 2. The summed E-state index contributed by atoms with van der Waals surface area (Å²) in [6, 6.07) is 12.8. The molecule has 2 rings (SSSR count). The van der Waals surface area contributed by atoms with Gasteiger partial charge in [-0.25, -0.2) is 0 Å². The van der Waals surface area contributed by atoms with E-state index >= 15 is 0 Å². The van der Waals surface area contributed by atoms with Crippen LogP contribution in [0.4, 0.5) is 0 Å². The molecule has 0 saturated heterocycles. The average Bonchev–Trinajstić information content (AvgIpc) is 2.45. The van der Waals surface area contributed by atoms with E-state index < -0.39 is 0 Å². The summed E-state index contributed by atoms with van der Waals surface area (Å²) in [6.45, 7) is 9.19. The Kier molecular flexibility index (Phi) is 5.42. The van der Waals surface area contributed by atoms with E-state index in [9.17, 15) is 0 Å². The lowest BCUT2D eigenvalue weighted by Crippen LogP contribution is -2.13. The summed E-state index contributed by atoms with van der Waals surface area (Å²) in [7, 11) is 0. The molecule has 2 aromatic carbocycles. The largest absolute Gasteiger partial charge is 0.493 e. The molecule has 0 aliphatic rings. The van der Waals surface area contributed by atoms with Gasteiger partial charge >= 0.3 is 0 Å². The topological polar surface area (TPSA) is 21.3 Å². The molecule has 108 valence electrons. The van der Waals surface area contributed by atoms with Crippen molar-refractivity contribution in [1.29, 1.82) is 0 Å². The maximum atomic E-state index is 6.01. The molecule has 0 amide bonds. The summed E-state index contributed by atoms with van der Waals surface area (Å²) >= 11 is 0. The van der Waals surface area contributed by atoms with Crippen LogP contribution >= 0.6 is 0 Å². The van der Waals surface area contributed by atoms with E-state index in [1.165, 1.54) is 16.3 Å². The van der Waals surface area contributed by atoms with Crippen LogP contribution in [-0.4, -0.2) is 13.2 Å². The molecule has 0 saturated carbocycles. The Bertz CT molecular complexity index is 548. The van der Waals surface area contributed by atoms with Crippen molar-refractivity contribution in [3.63, 3.8) is 0 Å². The lowest BCUT2D eigenvalue weighted by molar-refractivity contribution is 0.287. The third-order valence-electron chi connectivity index (χ3n) is 3.50. The van der Waals surface area contributed by atoms with Gasteiger partial charge in [0.15, 0.2) is 0 Å². The van der Waals surface area contributed by atoms with E-state index in [1.807, 2.05) is 0 Å². The Morgan fingerprint density at radius 2 is 1.90 bits per heavy atom. The minimum absolute atomic E-state index is 0.674. The summed E-state index contributed by atoms with van der Waals surface area (Å²) in [5.74, 6) is 1.69. The lowest BCUT2D eigenvalue weighted by Gasteiger charge is -2.15. The number of hydrogen-bond donors (Lipinski definition) is 1. The second-order valence-corrected chi connectivity index (χ2v) is 5.57. The fourth-order valence-electron chi connectivity index (χ4n) is 2.29. The smallest absolute Gasteiger partial charge is 0.124 e. The second-order valence-electron chi connectivity index (χ2n) is 5.57. The van der Waals surface area contributed by atoms with Gasteiger partial charge in [-0.1, -0.05) is 51.1 Å². The van der Waals surface area contributed by atoms with Crippen molar-refractivity contribution in [3.05, 3.63) is 42.0 Å². The van der Waals surface area contributed by atoms with Crippen LogP contribution in [0.25, 0.3) is 10.8 Å². The Morgan fingerprint density at radius 3 is 2.65 bits per heavy atom. The number of hydrogen-bond acceptors (Lipinski definition) is 2. The highest BCUT2D eigenvalue weighted by atomic mass is 16.5. The van der Waals surface area contributed by atoms with Crippen LogP contribution in [0.15, 0.2) is 36.4 Å². The van der Waals surface area contributed by atoms with Gasteiger partial charge in [-0.2, -0.15) is 0 Å². The Balaban J connectivity index is 2.27. The van der Waals surface area contributed by atoms with Gasteiger partial charge in [-0.05, 0) is 35.7 Å². The van der Waals surface area contributed by atoms with Crippen LogP contribution in [0.5, 0.6) is 5.75 Å². The molecule has 0 bridgehead atoms. The number of nitrogens with one attached hydrogen (secondary N) is 1. The maximum Gasteiger partial charge on any atom is 0.124 e. The van der Waals surface area contributed by atoms with Gasteiger partial charge in [0.1, 0.15) is 5.75 Å². The van der Waals surface area contributed by atoms with Crippen molar-refractivity contribution < 1.29 is 4.74 Å². The molecule has 0 unspecified atom stereocenters. The Morgan fingerprint density at radius 1 is 1.10 bits per heavy atom. The van der Waals surface area contributed by atoms with Crippen molar-refractivity contribution in [2.45, 2.75) is 33.7 Å². The van der Waals surface area contributed by atoms with Gasteiger partial charge < -0.3 is 10.1 Å². The Labute approximate surface area is 122 Å². The number of ether oxygens (including phenoxy) is 1. The first-order chi connectivity index (χ1) is 9.72. The molecule has 0 aliphatic carbocycles. The normalized spacial score (nSPS) is 11.2. The van der Waals surface area contributed by atoms with Crippen LogP contribution in [0.2, 0.25) is 0 Å². The standard InChI is InChI=1S/C18H25NO/c1-4-19-13-17-16-8-6-5-7-15(16)9-10-18(17)20-12-11-14(2)3/h5-10,14,19H,4,11-13H2,1-3H3. The summed E-state index contributed by atoms with van der Waals surface area (Å²) < 4.78 is 6.01. The zero-order valence-corrected chi connectivity index (χ0v) is 12.8. The predicted octanol–water partition coefficient (Wildman–Crippen LogP) is 4.37. The molecule has 0 fully saturated rings. The van der Waals surface area contributed by atoms with E-state index in [2.05, 4.69) is 62.5 Å². The van der Waals surface area contributed by atoms with E-state index in [-0.39, 0.29) is 0 Å². The SMILES string of the molecule is CCNCc1c(OCCC(C)C)ccc2ccccc12. The van der Waals surface area contributed by atoms with Crippen molar-refractivity contribution in [3.8, 4) is 5.75 Å². The third kappa shape index (κ3) is 3.73. The molecule has 0 aromatic heterocycles. The van der Waals surface area contributed by atoms with Crippen molar-refractivity contribution in [2.24, 2.45) is 5.92 Å². The third-order valence-corrected chi connectivity index (χ3v) is 3.50. The fraction of sp³-hybridized carbons (Fsp3) is 0.444. The van der Waals surface area contributed by atoms with E-state index in [4.69, 9.17) is 4.74 Å². The molecule has 20 heavy (non-hydrogen) atoms. The molecule has 0 radical (unpaired) electrons. The molecular formula is C18H25NO. The molecule has 0 heterocycles. The zero-order chi connectivity index (χ0) is 14.4. The van der Waals surface area contributed by atoms with Crippen LogP contribution < -0.4 is 10.1 Å².